The monoisotopic (exact) mass is 308 g/mol. The molecular formula is C13H16N4O3S. The van der Waals surface area contributed by atoms with Crippen LogP contribution in [0.15, 0.2) is 46.1 Å². The lowest BCUT2D eigenvalue weighted by atomic mass is 10.1. The Morgan fingerprint density at radius 1 is 1.14 bits per heavy atom. The molecule has 0 atom stereocenters. The number of nitrogens with zero attached hydrogens (tertiary/aromatic N) is 1. The molecule has 1 aromatic heterocycles. The summed E-state index contributed by atoms with van der Waals surface area (Å²) in [6, 6.07) is 9.12. The SMILES string of the molecule is CNCCc1ccc(S(=O)(=O)Nc2ccc(=O)[nH]n2)cc1. The molecule has 0 aliphatic carbocycles. The number of aromatic nitrogens is 2. The average molecular weight is 308 g/mol. The maximum Gasteiger partial charge on any atom is 0.264 e. The molecule has 1 heterocycles. The molecule has 0 fully saturated rings. The number of H-pyrrole nitrogens is 1. The van der Waals surface area contributed by atoms with Crippen LogP contribution in [-0.2, 0) is 16.4 Å². The van der Waals surface area contributed by atoms with Crippen LogP contribution in [-0.4, -0.2) is 32.2 Å². The van der Waals surface area contributed by atoms with Gasteiger partial charge in [-0.2, -0.15) is 5.10 Å². The van der Waals surface area contributed by atoms with Gasteiger partial charge in [0.25, 0.3) is 15.6 Å². The second-order valence-corrected chi connectivity index (χ2v) is 6.09. The first-order valence-corrected chi connectivity index (χ1v) is 7.82. The van der Waals surface area contributed by atoms with E-state index in [-0.39, 0.29) is 10.7 Å². The van der Waals surface area contributed by atoms with Gasteiger partial charge < -0.3 is 5.32 Å². The van der Waals surface area contributed by atoms with Crippen molar-refractivity contribution in [2.24, 2.45) is 0 Å². The highest BCUT2D eigenvalue weighted by atomic mass is 32.2. The zero-order chi connectivity index (χ0) is 15.3. The number of sulfonamides is 1. The minimum atomic E-state index is -3.71. The van der Waals surface area contributed by atoms with E-state index in [0.717, 1.165) is 18.5 Å². The maximum absolute atomic E-state index is 12.2. The summed E-state index contributed by atoms with van der Waals surface area (Å²) < 4.78 is 26.6. The van der Waals surface area contributed by atoms with Gasteiger partial charge in [-0.25, -0.2) is 13.5 Å². The average Bonchev–Trinajstić information content (AvgIpc) is 2.48. The Labute approximate surface area is 122 Å². The van der Waals surface area contributed by atoms with E-state index in [1.165, 1.54) is 12.1 Å². The van der Waals surface area contributed by atoms with Gasteiger partial charge in [0.05, 0.1) is 4.90 Å². The predicted molar refractivity (Wildman–Crippen MR) is 79.7 cm³/mol. The van der Waals surface area contributed by atoms with Crippen molar-refractivity contribution in [3.8, 4) is 0 Å². The molecule has 0 amide bonds. The van der Waals surface area contributed by atoms with Crippen molar-refractivity contribution < 1.29 is 8.42 Å². The normalized spacial score (nSPS) is 11.3. The first-order valence-electron chi connectivity index (χ1n) is 6.33. The predicted octanol–water partition coefficient (Wildman–Crippen LogP) is 0.333. The van der Waals surface area contributed by atoms with E-state index >= 15 is 0 Å². The highest BCUT2D eigenvalue weighted by Gasteiger charge is 2.14. The maximum atomic E-state index is 12.2. The number of hydrogen-bond acceptors (Lipinski definition) is 5. The van der Waals surface area contributed by atoms with Crippen LogP contribution < -0.4 is 15.6 Å². The number of likely N-dealkylation sites (N-methyl/N-ethyl adjacent to an activating group) is 1. The second kappa shape index (κ2) is 6.51. The molecule has 0 aliphatic heterocycles. The van der Waals surface area contributed by atoms with Crippen LogP contribution in [0.25, 0.3) is 0 Å². The first-order chi connectivity index (χ1) is 10.0. The van der Waals surface area contributed by atoms with Gasteiger partial charge in [0.1, 0.15) is 0 Å². The molecule has 1 aromatic carbocycles. The smallest absolute Gasteiger partial charge is 0.264 e. The Morgan fingerprint density at radius 3 is 2.43 bits per heavy atom. The zero-order valence-electron chi connectivity index (χ0n) is 11.5. The molecule has 0 bridgehead atoms. The van der Waals surface area contributed by atoms with Crippen molar-refractivity contribution in [2.75, 3.05) is 18.3 Å². The van der Waals surface area contributed by atoms with E-state index in [0.29, 0.717) is 0 Å². The molecule has 0 spiro atoms. The van der Waals surface area contributed by atoms with Gasteiger partial charge in [0.2, 0.25) is 0 Å². The lowest BCUT2D eigenvalue weighted by Crippen LogP contribution is -2.16. The minimum Gasteiger partial charge on any atom is -0.319 e. The third-order valence-electron chi connectivity index (χ3n) is 2.82. The lowest BCUT2D eigenvalue weighted by molar-refractivity contribution is 0.601. The van der Waals surface area contributed by atoms with Crippen molar-refractivity contribution in [3.05, 3.63) is 52.3 Å². The summed E-state index contributed by atoms with van der Waals surface area (Å²) in [5.41, 5.74) is 0.650. The van der Waals surface area contributed by atoms with Gasteiger partial charge in [-0.05, 0) is 43.8 Å². The Hall–Kier alpha value is -2.19. The van der Waals surface area contributed by atoms with Gasteiger partial charge in [0.15, 0.2) is 5.82 Å². The highest BCUT2D eigenvalue weighted by Crippen LogP contribution is 2.14. The number of aromatic amines is 1. The van der Waals surface area contributed by atoms with Crippen LogP contribution in [0.2, 0.25) is 0 Å². The van der Waals surface area contributed by atoms with E-state index in [4.69, 9.17) is 0 Å². The fourth-order valence-electron chi connectivity index (χ4n) is 1.70. The fraction of sp³-hybridized carbons (Fsp3) is 0.231. The summed E-state index contributed by atoms with van der Waals surface area (Å²) >= 11 is 0. The van der Waals surface area contributed by atoms with Crippen molar-refractivity contribution in [1.82, 2.24) is 15.5 Å². The standard InChI is InChI=1S/C13H16N4O3S/c1-14-9-8-10-2-4-11(5-3-10)21(19,20)17-12-6-7-13(18)16-15-12/h2-7,14H,8-9H2,1H3,(H,15,17)(H,16,18). The van der Waals surface area contributed by atoms with E-state index in [1.807, 2.05) is 7.05 Å². The number of hydrogen-bond donors (Lipinski definition) is 3. The van der Waals surface area contributed by atoms with Crippen LogP contribution in [0.1, 0.15) is 5.56 Å². The molecular weight excluding hydrogens is 292 g/mol. The topological polar surface area (TPSA) is 104 Å². The molecule has 2 rings (SSSR count). The summed E-state index contributed by atoms with van der Waals surface area (Å²) in [4.78, 5) is 11.0. The third-order valence-corrected chi connectivity index (χ3v) is 4.19. The third kappa shape index (κ3) is 4.14. The molecule has 2 aromatic rings. The van der Waals surface area contributed by atoms with Gasteiger partial charge in [-0.15, -0.1) is 0 Å². The van der Waals surface area contributed by atoms with Gasteiger partial charge in [-0.3, -0.25) is 9.52 Å². The molecule has 21 heavy (non-hydrogen) atoms. The molecule has 0 saturated carbocycles. The van der Waals surface area contributed by atoms with Crippen molar-refractivity contribution >= 4 is 15.8 Å². The second-order valence-electron chi connectivity index (χ2n) is 4.41. The summed E-state index contributed by atoms with van der Waals surface area (Å²) in [6.07, 6.45) is 0.825. The number of nitrogens with one attached hydrogen (secondary N) is 3. The van der Waals surface area contributed by atoms with Gasteiger partial charge >= 0.3 is 0 Å². The quantitative estimate of drug-likeness (QED) is 0.713. The molecule has 0 radical (unpaired) electrons. The van der Waals surface area contributed by atoms with E-state index in [9.17, 15) is 13.2 Å². The van der Waals surface area contributed by atoms with E-state index < -0.39 is 15.6 Å². The van der Waals surface area contributed by atoms with E-state index in [2.05, 4.69) is 20.2 Å². The summed E-state index contributed by atoms with van der Waals surface area (Å²) in [5, 5.41) is 8.81. The summed E-state index contributed by atoms with van der Waals surface area (Å²) in [6.45, 7) is 0.825. The van der Waals surface area contributed by atoms with Crippen LogP contribution in [0.4, 0.5) is 5.82 Å². The Balaban J connectivity index is 2.15. The van der Waals surface area contributed by atoms with Crippen LogP contribution >= 0.6 is 0 Å². The zero-order valence-corrected chi connectivity index (χ0v) is 12.3. The molecule has 7 nitrogen and oxygen atoms in total. The molecule has 0 unspecified atom stereocenters. The Kier molecular flexibility index (Phi) is 4.71. The van der Waals surface area contributed by atoms with Crippen molar-refractivity contribution in [3.63, 3.8) is 0 Å². The van der Waals surface area contributed by atoms with Gasteiger partial charge in [0, 0.05) is 6.07 Å². The molecule has 112 valence electrons. The fourth-order valence-corrected chi connectivity index (χ4v) is 2.70. The largest absolute Gasteiger partial charge is 0.319 e. The molecule has 3 N–H and O–H groups in total. The lowest BCUT2D eigenvalue weighted by Gasteiger charge is -2.07. The molecule has 0 aliphatic rings. The van der Waals surface area contributed by atoms with Crippen molar-refractivity contribution in [1.29, 1.82) is 0 Å². The van der Waals surface area contributed by atoms with E-state index in [1.54, 1.807) is 24.3 Å². The summed E-state index contributed by atoms with van der Waals surface area (Å²) in [7, 11) is -1.85. The number of rotatable bonds is 6. The Bertz CT molecular complexity index is 733. The molecule has 0 saturated heterocycles. The molecule has 8 heteroatoms. The van der Waals surface area contributed by atoms with Crippen LogP contribution in [0, 0.1) is 0 Å². The van der Waals surface area contributed by atoms with Gasteiger partial charge in [-0.1, -0.05) is 12.1 Å². The highest BCUT2D eigenvalue weighted by molar-refractivity contribution is 7.92. The number of benzene rings is 1. The first kappa shape index (κ1) is 15.2. The Morgan fingerprint density at radius 2 is 1.86 bits per heavy atom. The van der Waals surface area contributed by atoms with Crippen LogP contribution in [0.3, 0.4) is 0 Å². The van der Waals surface area contributed by atoms with Crippen LogP contribution in [0.5, 0.6) is 0 Å². The minimum absolute atomic E-state index is 0.0638. The summed E-state index contributed by atoms with van der Waals surface area (Å²) in [5.74, 6) is 0.0638. The van der Waals surface area contributed by atoms with Crippen molar-refractivity contribution in [2.45, 2.75) is 11.3 Å². The number of anilines is 1.